The van der Waals surface area contributed by atoms with Crippen LogP contribution in [-0.4, -0.2) is 11.0 Å². The minimum atomic E-state index is 0.601. The van der Waals surface area contributed by atoms with Crippen molar-refractivity contribution in [1.29, 1.82) is 0 Å². The normalized spacial score (nSPS) is 27.6. The Hall–Kier alpha value is -0.280. The summed E-state index contributed by atoms with van der Waals surface area (Å²) >= 11 is 7.25. The van der Waals surface area contributed by atoms with Crippen LogP contribution in [0.5, 0.6) is 0 Å². The van der Waals surface area contributed by atoms with Crippen molar-refractivity contribution in [2.75, 3.05) is 5.32 Å². The minimum Gasteiger partial charge on any atom is -0.367 e. The van der Waals surface area contributed by atoms with Crippen molar-refractivity contribution in [1.82, 2.24) is 4.98 Å². The minimum absolute atomic E-state index is 0.601. The van der Waals surface area contributed by atoms with Crippen molar-refractivity contribution < 1.29 is 0 Å². The second-order valence-corrected chi connectivity index (χ2v) is 5.53. The van der Waals surface area contributed by atoms with E-state index in [1.165, 1.54) is 37.0 Å². The Morgan fingerprint density at radius 2 is 2.14 bits per heavy atom. The predicted molar refractivity (Wildman–Crippen MR) is 62.2 cm³/mol. The van der Waals surface area contributed by atoms with Crippen LogP contribution in [0.2, 0.25) is 4.47 Å². The molecule has 2 nitrogen and oxygen atoms in total. The van der Waals surface area contributed by atoms with Gasteiger partial charge in [-0.3, -0.25) is 0 Å². The maximum Gasteiger partial charge on any atom is 0.185 e. The number of hydrogen-bond acceptors (Lipinski definition) is 3. The highest BCUT2D eigenvalue weighted by molar-refractivity contribution is 7.14. The quantitative estimate of drug-likeness (QED) is 0.836. The van der Waals surface area contributed by atoms with Crippen LogP contribution in [0.15, 0.2) is 5.38 Å². The van der Waals surface area contributed by atoms with Crippen LogP contribution >= 0.6 is 22.9 Å². The average molecular weight is 231 g/mol. The molecule has 0 atom stereocenters. The van der Waals surface area contributed by atoms with Crippen LogP contribution in [0.4, 0.5) is 5.82 Å². The van der Waals surface area contributed by atoms with Gasteiger partial charge in [0.1, 0.15) is 5.82 Å². The summed E-state index contributed by atoms with van der Waals surface area (Å²) in [6.07, 6.45) is 5.18. The largest absolute Gasteiger partial charge is 0.367 e. The van der Waals surface area contributed by atoms with Crippen molar-refractivity contribution in [3.05, 3.63) is 9.85 Å². The molecular weight excluding hydrogens is 216 g/mol. The summed E-state index contributed by atoms with van der Waals surface area (Å²) in [6.45, 7) is 2.33. The molecule has 4 heteroatoms. The van der Waals surface area contributed by atoms with E-state index in [2.05, 4.69) is 17.2 Å². The first kappa shape index (κ1) is 10.2. The van der Waals surface area contributed by atoms with Crippen molar-refractivity contribution >= 4 is 28.8 Å². The zero-order valence-corrected chi connectivity index (χ0v) is 9.87. The highest BCUT2D eigenvalue weighted by atomic mass is 35.5. The molecule has 1 N–H and O–H groups in total. The number of nitrogens with one attached hydrogen (secondary N) is 1. The summed E-state index contributed by atoms with van der Waals surface area (Å²) in [5.41, 5.74) is 0. The van der Waals surface area contributed by atoms with E-state index in [9.17, 15) is 0 Å². The van der Waals surface area contributed by atoms with Gasteiger partial charge in [0.2, 0.25) is 0 Å². The van der Waals surface area contributed by atoms with Gasteiger partial charge in [0.15, 0.2) is 4.47 Å². The molecule has 0 unspecified atom stereocenters. The summed E-state index contributed by atoms with van der Waals surface area (Å²) in [5, 5.41) is 5.42. The zero-order valence-electron chi connectivity index (χ0n) is 8.29. The molecule has 0 bridgehead atoms. The maximum absolute atomic E-state index is 5.77. The van der Waals surface area contributed by atoms with Crippen molar-refractivity contribution in [2.24, 2.45) is 5.92 Å². The smallest absolute Gasteiger partial charge is 0.185 e. The van der Waals surface area contributed by atoms with Crippen LogP contribution in [0.1, 0.15) is 32.6 Å². The summed E-state index contributed by atoms with van der Waals surface area (Å²) in [6, 6.07) is 0.601. The molecule has 1 aromatic rings. The van der Waals surface area contributed by atoms with E-state index in [-0.39, 0.29) is 0 Å². The van der Waals surface area contributed by atoms with Crippen molar-refractivity contribution in [2.45, 2.75) is 38.6 Å². The second-order valence-electron chi connectivity index (χ2n) is 4.09. The Bertz CT molecular complexity index is 292. The second kappa shape index (κ2) is 4.49. The number of thiazole rings is 1. The third-order valence-corrected chi connectivity index (χ3v) is 3.82. The van der Waals surface area contributed by atoms with E-state index in [0.29, 0.717) is 10.5 Å². The van der Waals surface area contributed by atoms with Crippen LogP contribution in [0.25, 0.3) is 0 Å². The monoisotopic (exact) mass is 230 g/mol. The lowest BCUT2D eigenvalue weighted by Gasteiger charge is -2.26. The number of nitrogens with zero attached hydrogens (tertiary/aromatic N) is 1. The molecule has 1 saturated carbocycles. The lowest BCUT2D eigenvalue weighted by Crippen LogP contribution is -2.25. The Balaban J connectivity index is 1.86. The molecule has 1 fully saturated rings. The number of anilines is 1. The van der Waals surface area contributed by atoms with Gasteiger partial charge in [-0.1, -0.05) is 18.5 Å². The zero-order chi connectivity index (χ0) is 9.97. The third-order valence-electron chi connectivity index (χ3n) is 2.84. The molecule has 0 aliphatic heterocycles. The Labute approximate surface area is 93.7 Å². The van der Waals surface area contributed by atoms with Gasteiger partial charge in [-0.2, -0.15) is 0 Å². The molecule has 78 valence electrons. The molecule has 1 aromatic heterocycles. The molecule has 1 aliphatic rings. The van der Waals surface area contributed by atoms with Gasteiger partial charge < -0.3 is 5.32 Å². The fourth-order valence-electron chi connectivity index (χ4n) is 1.93. The highest BCUT2D eigenvalue weighted by Gasteiger charge is 2.18. The number of hydrogen-bond donors (Lipinski definition) is 1. The number of aromatic nitrogens is 1. The third kappa shape index (κ3) is 2.61. The van der Waals surface area contributed by atoms with Gasteiger partial charge in [0, 0.05) is 11.4 Å². The lowest BCUT2D eigenvalue weighted by molar-refractivity contribution is 0.361. The van der Waals surface area contributed by atoms with Crippen molar-refractivity contribution in [3.63, 3.8) is 0 Å². The molecule has 1 aliphatic carbocycles. The first-order valence-electron chi connectivity index (χ1n) is 5.11. The lowest BCUT2D eigenvalue weighted by atomic mass is 9.87. The predicted octanol–water partition coefficient (Wildman–Crippen LogP) is 3.79. The standard InChI is InChI=1S/C10H15ClN2S/c1-7-2-4-8(5-3-7)12-9-6-14-10(11)13-9/h6-8,12H,2-5H2,1H3. The summed E-state index contributed by atoms with van der Waals surface area (Å²) in [7, 11) is 0. The van der Waals surface area contributed by atoms with Gasteiger partial charge >= 0.3 is 0 Å². The summed E-state index contributed by atoms with van der Waals surface area (Å²) in [5.74, 6) is 1.84. The Kier molecular flexibility index (Phi) is 3.29. The van der Waals surface area contributed by atoms with Crippen molar-refractivity contribution in [3.8, 4) is 0 Å². The first-order chi connectivity index (χ1) is 6.74. The van der Waals surface area contributed by atoms with Gasteiger partial charge in [0.25, 0.3) is 0 Å². The molecule has 1 heterocycles. The molecule has 0 saturated heterocycles. The molecule has 14 heavy (non-hydrogen) atoms. The summed E-state index contributed by atoms with van der Waals surface area (Å²) in [4.78, 5) is 4.20. The van der Waals surface area contributed by atoms with E-state index in [4.69, 9.17) is 11.6 Å². The van der Waals surface area contributed by atoms with Crippen LogP contribution < -0.4 is 5.32 Å². The molecular formula is C10H15ClN2S. The van der Waals surface area contributed by atoms with Gasteiger partial charge in [-0.05, 0) is 31.6 Å². The Morgan fingerprint density at radius 1 is 1.43 bits per heavy atom. The SMILES string of the molecule is CC1CCC(Nc2csc(Cl)n2)CC1. The van der Waals surface area contributed by atoms with E-state index in [1.54, 1.807) is 0 Å². The van der Waals surface area contributed by atoms with Crippen LogP contribution in [-0.2, 0) is 0 Å². The van der Waals surface area contributed by atoms with Gasteiger partial charge in [-0.25, -0.2) is 4.98 Å². The fraction of sp³-hybridized carbons (Fsp3) is 0.700. The van der Waals surface area contributed by atoms with E-state index in [1.807, 2.05) is 5.38 Å². The topological polar surface area (TPSA) is 24.9 Å². The Morgan fingerprint density at radius 3 is 2.71 bits per heavy atom. The van der Waals surface area contributed by atoms with Gasteiger partial charge in [-0.15, -0.1) is 11.3 Å². The maximum atomic E-state index is 5.77. The highest BCUT2D eigenvalue weighted by Crippen LogP contribution is 2.27. The fourth-order valence-corrected chi connectivity index (χ4v) is 2.64. The van der Waals surface area contributed by atoms with Crippen LogP contribution in [0, 0.1) is 5.92 Å². The number of rotatable bonds is 2. The van der Waals surface area contributed by atoms with Crippen LogP contribution in [0.3, 0.4) is 0 Å². The summed E-state index contributed by atoms with van der Waals surface area (Å²) < 4.78 is 0.622. The first-order valence-corrected chi connectivity index (χ1v) is 6.37. The number of halogens is 1. The molecule has 0 spiro atoms. The molecule has 0 aromatic carbocycles. The van der Waals surface area contributed by atoms with E-state index < -0.39 is 0 Å². The van der Waals surface area contributed by atoms with Gasteiger partial charge in [0.05, 0.1) is 0 Å². The molecule has 0 amide bonds. The van der Waals surface area contributed by atoms with E-state index in [0.717, 1.165) is 11.7 Å². The molecule has 0 radical (unpaired) electrons. The average Bonchev–Trinajstić information content (AvgIpc) is 2.56. The van der Waals surface area contributed by atoms with E-state index >= 15 is 0 Å². The molecule has 2 rings (SSSR count).